The summed E-state index contributed by atoms with van der Waals surface area (Å²) in [6, 6.07) is 14.4. The highest BCUT2D eigenvalue weighted by Gasteiger charge is 2.24. The Morgan fingerprint density at radius 1 is 1.12 bits per heavy atom. The zero-order valence-electron chi connectivity index (χ0n) is 18.3. The summed E-state index contributed by atoms with van der Waals surface area (Å²) in [5, 5.41) is 6.72. The minimum atomic E-state index is -3.22. The largest absolute Gasteiger partial charge is 0.488 e. The standard InChI is InChI=1S/C24H26N2O5S/c1-15(2)10-19-13-22(26-31-19)24(27)25-14-20-12-18-11-17(6-9-23(18)30-20)16-4-7-21(8-5-16)32(3,28)29/h4-9,11,13,15,20H,10,12,14H2,1-3H3,(H,25,27). The van der Waals surface area contributed by atoms with Crippen molar-refractivity contribution in [2.24, 2.45) is 5.92 Å². The Kier molecular flexibility index (Phi) is 6.06. The number of rotatable bonds is 7. The first-order chi connectivity index (χ1) is 15.2. The highest BCUT2D eigenvalue weighted by molar-refractivity contribution is 7.90. The van der Waals surface area contributed by atoms with Crippen molar-refractivity contribution in [2.45, 2.75) is 37.7 Å². The smallest absolute Gasteiger partial charge is 0.273 e. The molecule has 8 heteroatoms. The maximum Gasteiger partial charge on any atom is 0.273 e. The van der Waals surface area contributed by atoms with Crippen LogP contribution in [0.2, 0.25) is 0 Å². The lowest BCUT2D eigenvalue weighted by Crippen LogP contribution is -2.34. The second kappa shape index (κ2) is 8.78. The first kappa shape index (κ1) is 22.1. The second-order valence-corrected chi connectivity index (χ2v) is 10.6. The molecule has 0 spiro atoms. The zero-order valence-corrected chi connectivity index (χ0v) is 19.1. The number of carbonyl (C=O) groups is 1. The molecule has 1 unspecified atom stereocenters. The summed E-state index contributed by atoms with van der Waals surface area (Å²) < 4.78 is 34.5. The molecular weight excluding hydrogens is 428 g/mol. The first-order valence-electron chi connectivity index (χ1n) is 10.5. The van der Waals surface area contributed by atoms with Gasteiger partial charge in [-0.25, -0.2) is 8.42 Å². The van der Waals surface area contributed by atoms with E-state index < -0.39 is 9.84 Å². The molecule has 3 aromatic rings. The average molecular weight is 455 g/mol. The van der Waals surface area contributed by atoms with Gasteiger partial charge in [-0.1, -0.05) is 37.2 Å². The summed E-state index contributed by atoms with van der Waals surface area (Å²) in [4.78, 5) is 12.7. The van der Waals surface area contributed by atoms with Crippen LogP contribution in [-0.4, -0.2) is 38.4 Å². The maximum atomic E-state index is 12.4. The van der Waals surface area contributed by atoms with Gasteiger partial charge in [0.15, 0.2) is 15.5 Å². The van der Waals surface area contributed by atoms with Crippen molar-refractivity contribution in [1.82, 2.24) is 10.5 Å². The molecule has 0 saturated heterocycles. The third-order valence-corrected chi connectivity index (χ3v) is 6.44. The normalized spacial score (nSPS) is 15.4. The fourth-order valence-electron chi connectivity index (χ4n) is 3.72. The Labute approximate surface area is 187 Å². The van der Waals surface area contributed by atoms with Crippen LogP contribution in [0.25, 0.3) is 11.1 Å². The van der Waals surface area contributed by atoms with Crippen molar-refractivity contribution < 1.29 is 22.5 Å². The predicted molar refractivity (Wildman–Crippen MR) is 120 cm³/mol. The van der Waals surface area contributed by atoms with Crippen LogP contribution in [0.15, 0.2) is 57.9 Å². The van der Waals surface area contributed by atoms with Crippen LogP contribution in [0.3, 0.4) is 0 Å². The van der Waals surface area contributed by atoms with E-state index in [0.717, 1.165) is 28.9 Å². The summed E-state index contributed by atoms with van der Waals surface area (Å²) in [7, 11) is -3.22. The van der Waals surface area contributed by atoms with Gasteiger partial charge >= 0.3 is 0 Å². The molecule has 2 aromatic carbocycles. The number of amides is 1. The minimum Gasteiger partial charge on any atom is -0.488 e. The van der Waals surface area contributed by atoms with Gasteiger partial charge in [0.05, 0.1) is 11.4 Å². The van der Waals surface area contributed by atoms with Gasteiger partial charge < -0.3 is 14.6 Å². The van der Waals surface area contributed by atoms with Crippen LogP contribution < -0.4 is 10.1 Å². The number of nitrogens with zero attached hydrogens (tertiary/aromatic N) is 1. The van der Waals surface area contributed by atoms with Gasteiger partial charge in [0.25, 0.3) is 5.91 Å². The highest BCUT2D eigenvalue weighted by atomic mass is 32.2. The Hall–Kier alpha value is -3.13. The van der Waals surface area contributed by atoms with Gasteiger partial charge in [-0.2, -0.15) is 0 Å². The summed E-state index contributed by atoms with van der Waals surface area (Å²) >= 11 is 0. The fraction of sp³-hybridized carbons (Fsp3) is 0.333. The summed E-state index contributed by atoms with van der Waals surface area (Å²) in [6.45, 7) is 4.51. The lowest BCUT2D eigenvalue weighted by Gasteiger charge is -2.10. The van der Waals surface area contributed by atoms with E-state index in [2.05, 4.69) is 24.3 Å². The van der Waals surface area contributed by atoms with Crippen molar-refractivity contribution >= 4 is 15.7 Å². The van der Waals surface area contributed by atoms with Crippen LogP contribution in [0.1, 0.15) is 35.7 Å². The molecule has 1 aliphatic heterocycles. The number of fused-ring (bicyclic) bond motifs is 1. The number of sulfone groups is 1. The number of hydrogen-bond acceptors (Lipinski definition) is 6. The quantitative estimate of drug-likeness (QED) is 0.585. The Morgan fingerprint density at radius 3 is 2.53 bits per heavy atom. The van der Waals surface area contributed by atoms with Gasteiger partial charge in [0.1, 0.15) is 17.6 Å². The van der Waals surface area contributed by atoms with Gasteiger partial charge in [-0.15, -0.1) is 0 Å². The lowest BCUT2D eigenvalue weighted by molar-refractivity contribution is 0.0924. The molecule has 168 valence electrons. The molecule has 0 fully saturated rings. The molecule has 2 heterocycles. The van der Waals surface area contributed by atoms with E-state index in [1.165, 1.54) is 6.26 Å². The third-order valence-electron chi connectivity index (χ3n) is 5.31. The maximum absolute atomic E-state index is 12.4. The SMILES string of the molecule is CC(C)Cc1cc(C(=O)NCC2Cc3cc(-c4ccc(S(C)(=O)=O)cc4)ccc3O2)no1. The fourth-order valence-corrected chi connectivity index (χ4v) is 4.35. The molecule has 32 heavy (non-hydrogen) atoms. The van der Waals surface area contributed by atoms with Gasteiger partial charge in [-0.05, 0) is 46.9 Å². The van der Waals surface area contributed by atoms with Crippen LogP contribution >= 0.6 is 0 Å². The van der Waals surface area contributed by atoms with E-state index in [4.69, 9.17) is 9.26 Å². The number of carbonyl (C=O) groups excluding carboxylic acids is 1. The predicted octanol–water partition coefficient (Wildman–Crippen LogP) is 3.68. The molecule has 0 aliphatic carbocycles. The van der Waals surface area contributed by atoms with E-state index in [1.807, 2.05) is 18.2 Å². The minimum absolute atomic E-state index is 0.168. The van der Waals surface area contributed by atoms with E-state index in [9.17, 15) is 13.2 Å². The lowest BCUT2D eigenvalue weighted by atomic mass is 10.0. The van der Waals surface area contributed by atoms with Crippen LogP contribution in [0, 0.1) is 5.92 Å². The Balaban J connectivity index is 1.37. The van der Waals surface area contributed by atoms with Crippen LogP contribution in [-0.2, 0) is 22.7 Å². The topological polar surface area (TPSA) is 98.5 Å². The van der Waals surface area contributed by atoms with Gasteiger partial charge in [0.2, 0.25) is 0 Å². The van der Waals surface area contributed by atoms with E-state index in [0.29, 0.717) is 29.5 Å². The molecule has 0 radical (unpaired) electrons. The van der Waals surface area contributed by atoms with Gasteiger partial charge in [0, 0.05) is 25.2 Å². The molecule has 0 bridgehead atoms. The van der Waals surface area contributed by atoms with E-state index in [1.54, 1.807) is 30.3 Å². The molecular formula is C24H26N2O5S. The average Bonchev–Trinajstić information content (AvgIpc) is 3.37. The van der Waals surface area contributed by atoms with E-state index >= 15 is 0 Å². The van der Waals surface area contributed by atoms with Crippen molar-refractivity contribution in [3.05, 3.63) is 65.5 Å². The molecule has 7 nitrogen and oxygen atoms in total. The molecule has 1 aliphatic rings. The Bertz CT molecular complexity index is 1230. The molecule has 1 N–H and O–H groups in total. The second-order valence-electron chi connectivity index (χ2n) is 8.55. The molecule has 0 saturated carbocycles. The van der Waals surface area contributed by atoms with Crippen molar-refractivity contribution in [3.63, 3.8) is 0 Å². The van der Waals surface area contributed by atoms with Gasteiger partial charge in [-0.3, -0.25) is 4.79 Å². The molecule has 1 atom stereocenters. The number of nitrogens with one attached hydrogen (secondary N) is 1. The summed E-state index contributed by atoms with van der Waals surface area (Å²) in [6.07, 6.45) is 2.43. The zero-order chi connectivity index (χ0) is 22.9. The van der Waals surface area contributed by atoms with Crippen molar-refractivity contribution in [2.75, 3.05) is 12.8 Å². The van der Waals surface area contributed by atoms with Crippen molar-refractivity contribution in [1.29, 1.82) is 0 Å². The third kappa shape index (κ3) is 5.02. The number of aromatic nitrogens is 1. The van der Waals surface area contributed by atoms with E-state index in [-0.39, 0.29) is 17.7 Å². The summed E-state index contributed by atoms with van der Waals surface area (Å²) in [5.74, 6) is 1.63. The van der Waals surface area contributed by atoms with Crippen LogP contribution in [0.5, 0.6) is 5.75 Å². The Morgan fingerprint density at radius 2 is 1.84 bits per heavy atom. The number of benzene rings is 2. The monoisotopic (exact) mass is 454 g/mol. The summed E-state index contributed by atoms with van der Waals surface area (Å²) in [5.41, 5.74) is 3.24. The molecule has 4 rings (SSSR count). The number of ether oxygens (including phenoxy) is 1. The van der Waals surface area contributed by atoms with Crippen molar-refractivity contribution in [3.8, 4) is 16.9 Å². The number of hydrogen-bond donors (Lipinski definition) is 1. The molecule has 1 amide bonds. The molecule has 1 aromatic heterocycles. The highest BCUT2D eigenvalue weighted by Crippen LogP contribution is 2.33. The van der Waals surface area contributed by atoms with Crippen LogP contribution in [0.4, 0.5) is 0 Å². The first-order valence-corrected chi connectivity index (χ1v) is 12.4.